The van der Waals surface area contributed by atoms with E-state index in [9.17, 15) is 0 Å². The van der Waals surface area contributed by atoms with Crippen LogP contribution in [0.2, 0.25) is 0 Å². The monoisotopic (exact) mass is 515 g/mol. The topological polar surface area (TPSA) is 78.5 Å². The molecule has 0 amide bonds. The van der Waals surface area contributed by atoms with Gasteiger partial charge in [0.05, 0.1) is 25.4 Å². The summed E-state index contributed by atoms with van der Waals surface area (Å²) >= 11 is 0. The molecule has 0 saturated carbocycles. The number of hydrogen-bond donors (Lipinski definition) is 1. The van der Waals surface area contributed by atoms with Gasteiger partial charge >= 0.3 is 0 Å². The molecule has 2 aliphatic rings. The molecule has 2 atom stereocenters. The van der Waals surface area contributed by atoms with Crippen molar-refractivity contribution in [2.75, 3.05) is 40.6 Å². The second kappa shape index (κ2) is 16.4. The van der Waals surface area contributed by atoms with Crippen LogP contribution in [0.15, 0.2) is 77.0 Å². The van der Waals surface area contributed by atoms with Crippen molar-refractivity contribution in [3.8, 4) is 0 Å². The Morgan fingerprint density at radius 3 is 2.51 bits per heavy atom. The van der Waals surface area contributed by atoms with Crippen LogP contribution >= 0.6 is 0 Å². The van der Waals surface area contributed by atoms with Gasteiger partial charge in [-0.2, -0.15) is 5.10 Å². The van der Waals surface area contributed by atoms with E-state index < -0.39 is 0 Å². The third kappa shape index (κ3) is 9.11. The fraction of sp³-hybridized carbons (Fsp3) is 0.567. The Labute approximate surface area is 225 Å². The first-order chi connectivity index (χ1) is 17.8. The largest absolute Gasteiger partial charge is 0.440 e. The average molecular weight is 516 g/mol. The highest BCUT2D eigenvalue weighted by molar-refractivity contribution is 5.33. The van der Waals surface area contributed by atoms with Crippen molar-refractivity contribution in [1.29, 1.82) is 0 Å². The summed E-state index contributed by atoms with van der Waals surface area (Å²) in [6.45, 7) is 20.2. The molecule has 7 heteroatoms. The third-order valence-electron chi connectivity index (χ3n) is 6.62. The Morgan fingerprint density at radius 2 is 2.00 bits per heavy atom. The van der Waals surface area contributed by atoms with Crippen molar-refractivity contribution in [3.63, 3.8) is 0 Å². The lowest BCUT2D eigenvalue weighted by molar-refractivity contribution is -0.101. The van der Waals surface area contributed by atoms with Crippen LogP contribution in [0.1, 0.15) is 53.9 Å². The fourth-order valence-electron chi connectivity index (χ4n) is 4.25. The molecule has 2 unspecified atom stereocenters. The minimum Gasteiger partial charge on any atom is -0.440 e. The molecule has 0 aromatic rings. The Kier molecular flexibility index (Phi) is 14.4. The van der Waals surface area contributed by atoms with E-state index in [2.05, 4.69) is 44.4 Å². The van der Waals surface area contributed by atoms with Crippen molar-refractivity contribution in [1.82, 2.24) is 5.01 Å². The molecule has 0 spiro atoms. The first kappa shape index (κ1) is 32.6. The number of allylic oxidation sites excluding steroid dienone is 6. The van der Waals surface area contributed by atoms with Crippen LogP contribution in [0.4, 0.5) is 0 Å². The molecule has 37 heavy (non-hydrogen) atoms. The minimum absolute atomic E-state index is 0.120. The van der Waals surface area contributed by atoms with Gasteiger partial charge in [-0.15, -0.1) is 6.58 Å². The van der Waals surface area contributed by atoms with Crippen LogP contribution in [0, 0.1) is 5.41 Å². The van der Waals surface area contributed by atoms with E-state index in [0.717, 1.165) is 24.2 Å². The zero-order chi connectivity index (χ0) is 27.9. The quantitative estimate of drug-likeness (QED) is 0.127. The van der Waals surface area contributed by atoms with Gasteiger partial charge in [-0.3, -0.25) is 0 Å². The summed E-state index contributed by atoms with van der Waals surface area (Å²) in [6, 6.07) is 0. The molecule has 1 saturated heterocycles. The van der Waals surface area contributed by atoms with Gasteiger partial charge in [0.1, 0.15) is 11.9 Å². The summed E-state index contributed by atoms with van der Waals surface area (Å²) in [6.07, 6.45) is 16.4. The minimum atomic E-state index is -0.382. The van der Waals surface area contributed by atoms with E-state index in [1.165, 1.54) is 5.57 Å². The predicted molar refractivity (Wildman–Crippen MR) is 154 cm³/mol. The first-order valence-electron chi connectivity index (χ1n) is 13.1. The predicted octanol–water partition coefficient (Wildman–Crippen LogP) is 5.89. The maximum absolute atomic E-state index is 6.64. The lowest BCUT2D eigenvalue weighted by Crippen LogP contribution is -2.66. The Bertz CT molecular complexity index is 883. The Balaban J connectivity index is 0.00000334. The Morgan fingerprint density at radius 1 is 1.30 bits per heavy atom. The number of nitrogens with zero attached hydrogens (tertiary/aromatic N) is 2. The molecular weight excluding hydrogens is 466 g/mol. The second-order valence-electron chi connectivity index (χ2n) is 9.31. The van der Waals surface area contributed by atoms with Gasteiger partial charge in [-0.25, -0.2) is 5.01 Å². The summed E-state index contributed by atoms with van der Waals surface area (Å²) in [5.74, 6) is 1.37. The third-order valence-corrected chi connectivity index (χ3v) is 6.62. The molecule has 0 aromatic carbocycles. The summed E-state index contributed by atoms with van der Waals surface area (Å²) in [5.41, 5.74) is 8.26. The normalized spacial score (nSPS) is 19.6. The van der Waals surface area contributed by atoms with E-state index in [1.54, 1.807) is 19.2 Å². The molecule has 1 aliphatic heterocycles. The molecule has 0 aromatic heterocycles. The summed E-state index contributed by atoms with van der Waals surface area (Å²) in [4.78, 5) is 0. The molecule has 208 valence electrons. The average Bonchev–Trinajstić information content (AvgIpc) is 3.11. The fourth-order valence-corrected chi connectivity index (χ4v) is 4.25. The summed E-state index contributed by atoms with van der Waals surface area (Å²) in [7, 11) is 3.35. The second-order valence-corrected chi connectivity index (χ2v) is 9.31. The van der Waals surface area contributed by atoms with Crippen molar-refractivity contribution < 1.29 is 18.9 Å². The molecule has 1 fully saturated rings. The zero-order valence-electron chi connectivity index (χ0n) is 24.1. The smallest absolute Gasteiger partial charge is 0.212 e. The standard InChI is InChI=1S/C28H43N3O4.C2H6/c1-8-17-27(4,28(29)20-34-21-28)18-22(3)13-16-26(31(9-2)30-5)35-24-12-10-11-23(14-15-24)25(33-7)19-32-6;1-2/h8,11-12,14-16,18,25H,1,5,9-10,13,17,19-21,29H2,2-4,6-7H3;1-2H3/b22-18+,26-16+;. The number of hydrogen-bond acceptors (Lipinski definition) is 7. The van der Waals surface area contributed by atoms with Gasteiger partial charge < -0.3 is 24.7 Å². The van der Waals surface area contributed by atoms with E-state index >= 15 is 0 Å². The number of rotatable bonds is 15. The van der Waals surface area contributed by atoms with Crippen molar-refractivity contribution in [3.05, 3.63) is 71.9 Å². The number of nitrogens with two attached hydrogens (primary N) is 1. The lowest BCUT2D eigenvalue weighted by atomic mass is 9.67. The van der Waals surface area contributed by atoms with Gasteiger partial charge in [0.15, 0.2) is 0 Å². The molecule has 2 N–H and O–H groups in total. The Hall–Kier alpha value is -2.45. The van der Waals surface area contributed by atoms with Gasteiger partial charge in [0.25, 0.3) is 0 Å². The first-order valence-corrected chi connectivity index (χ1v) is 13.1. The lowest BCUT2D eigenvalue weighted by Gasteiger charge is -2.50. The van der Waals surface area contributed by atoms with Crippen LogP contribution in [0.25, 0.3) is 0 Å². The van der Waals surface area contributed by atoms with Gasteiger partial charge in [-0.05, 0) is 56.9 Å². The molecule has 0 radical (unpaired) electrons. The van der Waals surface area contributed by atoms with E-state index in [4.69, 9.17) is 24.7 Å². The van der Waals surface area contributed by atoms with E-state index in [0.29, 0.717) is 38.7 Å². The van der Waals surface area contributed by atoms with E-state index in [-0.39, 0.29) is 17.1 Å². The number of ether oxygens (including phenoxy) is 4. The molecule has 2 rings (SSSR count). The van der Waals surface area contributed by atoms with Crippen LogP contribution in [0.5, 0.6) is 0 Å². The van der Waals surface area contributed by atoms with Crippen LogP contribution in [0.3, 0.4) is 0 Å². The van der Waals surface area contributed by atoms with Crippen LogP contribution < -0.4 is 5.73 Å². The molecule has 0 bridgehead atoms. The van der Waals surface area contributed by atoms with Gasteiger partial charge in [-0.1, -0.05) is 50.6 Å². The SMILES string of the molecule is C=CCC(C)(/C=C(\C)C/C=C(/OC1=CCC=C(C(COC)OC)C=C1)N(CC)N=C)C1(N)COC1.CC. The molecule has 7 nitrogen and oxygen atoms in total. The molecule has 1 aliphatic carbocycles. The number of hydrazone groups is 1. The number of methoxy groups -OCH3 is 2. The maximum atomic E-state index is 6.64. The highest BCUT2D eigenvalue weighted by Gasteiger charge is 2.48. The van der Waals surface area contributed by atoms with Crippen molar-refractivity contribution in [2.45, 2.75) is 65.5 Å². The van der Waals surface area contributed by atoms with Crippen LogP contribution in [-0.2, 0) is 18.9 Å². The molecular formula is C30H49N3O4. The summed E-state index contributed by atoms with van der Waals surface area (Å²) < 4.78 is 22.5. The highest BCUT2D eigenvalue weighted by Crippen LogP contribution is 2.41. The van der Waals surface area contributed by atoms with Gasteiger partial charge in [0, 0.05) is 32.9 Å². The highest BCUT2D eigenvalue weighted by atomic mass is 16.5. The van der Waals surface area contributed by atoms with Crippen molar-refractivity contribution in [2.24, 2.45) is 16.3 Å². The summed E-state index contributed by atoms with van der Waals surface area (Å²) in [5, 5.41) is 5.89. The van der Waals surface area contributed by atoms with Crippen molar-refractivity contribution >= 4 is 6.72 Å². The van der Waals surface area contributed by atoms with Gasteiger partial charge in [0.2, 0.25) is 5.88 Å². The zero-order valence-corrected chi connectivity index (χ0v) is 24.1. The van der Waals surface area contributed by atoms with E-state index in [1.807, 2.05) is 51.2 Å². The van der Waals surface area contributed by atoms with Crippen LogP contribution in [-0.4, -0.2) is 64.0 Å². The maximum Gasteiger partial charge on any atom is 0.212 e. The molecule has 1 heterocycles.